The van der Waals surface area contributed by atoms with Crippen molar-refractivity contribution in [3.05, 3.63) is 61.2 Å². The minimum atomic E-state index is 0.193. The van der Waals surface area contributed by atoms with Crippen LogP contribution in [0.25, 0.3) is 22.2 Å². The Hall–Kier alpha value is -3.41. The van der Waals surface area contributed by atoms with E-state index in [1.807, 2.05) is 24.4 Å². The second-order valence-electron chi connectivity index (χ2n) is 6.38. The molecule has 6 nitrogen and oxygen atoms in total. The first-order valence-electron chi connectivity index (χ1n) is 8.46. The fraction of sp³-hybridized carbons (Fsp3) is 0.150. The molecule has 0 fully saturated rings. The lowest BCUT2D eigenvalue weighted by molar-refractivity contribution is 0.475. The van der Waals surface area contributed by atoms with Crippen molar-refractivity contribution in [2.24, 2.45) is 0 Å². The van der Waals surface area contributed by atoms with E-state index in [-0.39, 0.29) is 5.75 Å². The quantitative estimate of drug-likeness (QED) is 0.568. The highest BCUT2D eigenvalue weighted by molar-refractivity contribution is 5.94. The Kier molecular flexibility index (Phi) is 4.01. The number of pyridine rings is 1. The zero-order chi connectivity index (χ0) is 18.1. The van der Waals surface area contributed by atoms with E-state index >= 15 is 0 Å². The number of aromatic hydroxyl groups is 1. The van der Waals surface area contributed by atoms with Crippen molar-refractivity contribution in [2.75, 3.05) is 5.32 Å². The summed E-state index contributed by atoms with van der Waals surface area (Å²) < 4.78 is 2.20. The van der Waals surface area contributed by atoms with Gasteiger partial charge in [0.1, 0.15) is 5.75 Å². The van der Waals surface area contributed by atoms with Crippen molar-refractivity contribution in [1.82, 2.24) is 19.5 Å². The van der Waals surface area contributed by atoms with Crippen LogP contribution < -0.4 is 5.32 Å². The number of hydrogen-bond acceptors (Lipinski definition) is 5. The zero-order valence-electron chi connectivity index (χ0n) is 14.6. The van der Waals surface area contributed by atoms with E-state index in [4.69, 9.17) is 0 Å². The van der Waals surface area contributed by atoms with Crippen molar-refractivity contribution in [3.8, 4) is 17.0 Å². The maximum absolute atomic E-state index is 9.61. The van der Waals surface area contributed by atoms with Crippen LogP contribution in [0.4, 0.5) is 11.6 Å². The van der Waals surface area contributed by atoms with Gasteiger partial charge in [-0.05, 0) is 38.1 Å². The van der Waals surface area contributed by atoms with Crippen LogP contribution in [0.2, 0.25) is 0 Å². The fourth-order valence-corrected chi connectivity index (χ4v) is 3.01. The van der Waals surface area contributed by atoms with Gasteiger partial charge in [0.2, 0.25) is 5.95 Å². The van der Waals surface area contributed by atoms with E-state index < -0.39 is 0 Å². The molecule has 0 radical (unpaired) electrons. The molecule has 6 heteroatoms. The van der Waals surface area contributed by atoms with Gasteiger partial charge >= 0.3 is 0 Å². The number of benzene rings is 1. The van der Waals surface area contributed by atoms with Gasteiger partial charge in [-0.1, -0.05) is 6.07 Å². The number of nitrogens with one attached hydrogen (secondary N) is 1. The fourth-order valence-electron chi connectivity index (χ4n) is 3.01. The molecule has 4 aromatic rings. The number of fused-ring (bicyclic) bond motifs is 1. The van der Waals surface area contributed by atoms with E-state index in [9.17, 15) is 5.11 Å². The molecule has 0 bridgehead atoms. The van der Waals surface area contributed by atoms with E-state index in [0.717, 1.165) is 27.8 Å². The monoisotopic (exact) mass is 345 g/mol. The molecule has 3 heterocycles. The maximum Gasteiger partial charge on any atom is 0.227 e. The third kappa shape index (κ3) is 2.97. The molecule has 26 heavy (non-hydrogen) atoms. The molecule has 0 aliphatic rings. The average Bonchev–Trinajstić information content (AvgIpc) is 3.02. The molecule has 0 aliphatic carbocycles. The molecule has 130 valence electrons. The summed E-state index contributed by atoms with van der Waals surface area (Å²) in [6.45, 7) is 4.29. The van der Waals surface area contributed by atoms with Gasteiger partial charge in [-0.15, -0.1) is 0 Å². The normalized spacial score (nSPS) is 11.2. The molecule has 0 atom stereocenters. The van der Waals surface area contributed by atoms with Gasteiger partial charge < -0.3 is 15.0 Å². The summed E-state index contributed by atoms with van der Waals surface area (Å²) in [5.41, 5.74) is 3.69. The van der Waals surface area contributed by atoms with E-state index in [1.54, 1.807) is 30.6 Å². The Morgan fingerprint density at radius 1 is 1.12 bits per heavy atom. The molecule has 4 rings (SSSR count). The third-order valence-corrected chi connectivity index (χ3v) is 4.23. The van der Waals surface area contributed by atoms with Crippen molar-refractivity contribution >= 4 is 22.5 Å². The number of rotatable bonds is 4. The predicted octanol–water partition coefficient (Wildman–Crippen LogP) is 4.52. The topological polar surface area (TPSA) is 75.9 Å². The summed E-state index contributed by atoms with van der Waals surface area (Å²) >= 11 is 0. The number of nitrogens with zero attached hydrogens (tertiary/aromatic N) is 4. The van der Waals surface area contributed by atoms with Crippen molar-refractivity contribution in [3.63, 3.8) is 0 Å². The minimum Gasteiger partial charge on any atom is -0.508 e. The SMILES string of the molecule is CC(C)n1cc(-c2ccnc(Nc3cccc(O)c3)n2)c2ccncc21. The van der Waals surface area contributed by atoms with Crippen molar-refractivity contribution < 1.29 is 5.11 Å². The first-order valence-corrected chi connectivity index (χ1v) is 8.46. The van der Waals surface area contributed by atoms with Gasteiger partial charge in [0, 0.05) is 47.3 Å². The Bertz CT molecular complexity index is 1070. The molecule has 0 saturated heterocycles. The first kappa shape index (κ1) is 16.1. The van der Waals surface area contributed by atoms with Gasteiger partial charge in [-0.2, -0.15) is 0 Å². The van der Waals surface area contributed by atoms with Crippen LogP contribution in [0.5, 0.6) is 5.75 Å². The van der Waals surface area contributed by atoms with Crippen LogP contribution in [0, 0.1) is 0 Å². The van der Waals surface area contributed by atoms with Gasteiger partial charge in [-0.3, -0.25) is 4.98 Å². The summed E-state index contributed by atoms with van der Waals surface area (Å²) in [6, 6.07) is 11.1. The van der Waals surface area contributed by atoms with Crippen molar-refractivity contribution in [2.45, 2.75) is 19.9 Å². The van der Waals surface area contributed by atoms with Crippen LogP contribution in [0.1, 0.15) is 19.9 Å². The summed E-state index contributed by atoms with van der Waals surface area (Å²) in [7, 11) is 0. The molecule has 0 aliphatic heterocycles. The van der Waals surface area contributed by atoms with Gasteiger partial charge in [0.15, 0.2) is 0 Å². The van der Waals surface area contributed by atoms with E-state index in [1.165, 1.54) is 0 Å². The van der Waals surface area contributed by atoms with Crippen LogP contribution in [-0.2, 0) is 0 Å². The summed E-state index contributed by atoms with van der Waals surface area (Å²) in [6.07, 6.45) is 7.51. The average molecular weight is 345 g/mol. The standard InChI is InChI=1S/C20H19N5O/c1-13(2)25-12-17(16-6-8-21-11-19(16)25)18-7-9-22-20(24-18)23-14-4-3-5-15(26)10-14/h3-13,26H,1-2H3,(H,22,23,24). The molecule has 0 saturated carbocycles. The molecule has 0 spiro atoms. The molecular formula is C20H19N5O. The van der Waals surface area contributed by atoms with Crippen LogP contribution >= 0.6 is 0 Å². The number of phenols is 1. The second-order valence-corrected chi connectivity index (χ2v) is 6.38. The molecule has 2 N–H and O–H groups in total. The highest BCUT2D eigenvalue weighted by Gasteiger charge is 2.13. The molecule has 1 aromatic carbocycles. The lowest BCUT2D eigenvalue weighted by Crippen LogP contribution is -1.98. The molecule has 0 unspecified atom stereocenters. The Balaban J connectivity index is 1.76. The minimum absolute atomic E-state index is 0.193. The van der Waals surface area contributed by atoms with E-state index in [0.29, 0.717) is 12.0 Å². The summed E-state index contributed by atoms with van der Waals surface area (Å²) in [4.78, 5) is 13.2. The van der Waals surface area contributed by atoms with Crippen LogP contribution in [0.3, 0.4) is 0 Å². The lowest BCUT2D eigenvalue weighted by Gasteiger charge is -2.08. The van der Waals surface area contributed by atoms with Crippen LogP contribution in [-0.4, -0.2) is 24.6 Å². The summed E-state index contributed by atoms with van der Waals surface area (Å²) in [5.74, 6) is 0.672. The second kappa shape index (κ2) is 6.48. The van der Waals surface area contributed by atoms with Gasteiger partial charge in [0.05, 0.1) is 17.4 Å². The van der Waals surface area contributed by atoms with Crippen molar-refractivity contribution in [1.29, 1.82) is 0 Å². The summed E-state index contributed by atoms with van der Waals surface area (Å²) in [5, 5.41) is 13.8. The maximum atomic E-state index is 9.61. The number of phenolic OH excluding ortho intramolecular Hbond substituents is 1. The smallest absolute Gasteiger partial charge is 0.227 e. The zero-order valence-corrected chi connectivity index (χ0v) is 14.6. The number of anilines is 2. The number of hydrogen-bond donors (Lipinski definition) is 2. The Labute approximate surface area is 151 Å². The Morgan fingerprint density at radius 3 is 2.81 bits per heavy atom. The predicted molar refractivity (Wildman–Crippen MR) is 103 cm³/mol. The third-order valence-electron chi connectivity index (χ3n) is 4.23. The number of aromatic nitrogens is 4. The first-order chi connectivity index (χ1) is 12.6. The van der Waals surface area contributed by atoms with Crippen LogP contribution in [0.15, 0.2) is 61.2 Å². The molecular weight excluding hydrogens is 326 g/mol. The van der Waals surface area contributed by atoms with Gasteiger partial charge in [0.25, 0.3) is 0 Å². The highest BCUT2D eigenvalue weighted by atomic mass is 16.3. The lowest BCUT2D eigenvalue weighted by atomic mass is 10.1. The molecule has 3 aromatic heterocycles. The Morgan fingerprint density at radius 2 is 2.00 bits per heavy atom. The van der Waals surface area contributed by atoms with Gasteiger partial charge in [-0.25, -0.2) is 9.97 Å². The largest absolute Gasteiger partial charge is 0.508 e. The highest BCUT2D eigenvalue weighted by Crippen LogP contribution is 2.31. The molecule has 0 amide bonds. The van der Waals surface area contributed by atoms with E-state index in [2.05, 4.69) is 44.9 Å².